The van der Waals surface area contributed by atoms with E-state index in [4.69, 9.17) is 9.84 Å². The van der Waals surface area contributed by atoms with Gasteiger partial charge in [-0.2, -0.15) is 5.10 Å². The van der Waals surface area contributed by atoms with Gasteiger partial charge < -0.3 is 9.64 Å². The van der Waals surface area contributed by atoms with Gasteiger partial charge in [0.15, 0.2) is 6.73 Å². The highest BCUT2D eigenvalue weighted by atomic mass is 16.5. The summed E-state index contributed by atoms with van der Waals surface area (Å²) in [5, 5.41) is 5.95. The minimum atomic E-state index is 0.423. The van der Waals surface area contributed by atoms with Crippen LogP contribution in [0.15, 0.2) is 54.6 Å². The fourth-order valence-electron chi connectivity index (χ4n) is 2.46. The number of hydrogen-bond acceptors (Lipinski definition) is 3. The van der Waals surface area contributed by atoms with E-state index < -0.39 is 0 Å². The molecule has 0 aliphatic rings. The van der Waals surface area contributed by atoms with E-state index in [9.17, 15) is 0 Å². The smallest absolute Gasteiger partial charge is 0.181 e. The Labute approximate surface area is 130 Å². The van der Waals surface area contributed by atoms with Gasteiger partial charge in [0.1, 0.15) is 5.75 Å². The molecule has 0 N–H and O–H groups in total. The van der Waals surface area contributed by atoms with E-state index in [1.54, 1.807) is 0 Å². The SMILES string of the molecule is CN(C)CCc1nn(COc2ccccc2)c2ccccc12. The molecule has 0 radical (unpaired) electrons. The Morgan fingerprint density at radius 3 is 2.50 bits per heavy atom. The van der Waals surface area contributed by atoms with Crippen molar-refractivity contribution in [2.24, 2.45) is 0 Å². The van der Waals surface area contributed by atoms with Crippen molar-refractivity contribution in [1.82, 2.24) is 14.7 Å². The standard InChI is InChI=1S/C18H21N3O/c1-20(2)13-12-17-16-10-6-7-11-18(16)21(19-17)14-22-15-8-4-3-5-9-15/h3-11H,12-14H2,1-2H3. The van der Waals surface area contributed by atoms with E-state index >= 15 is 0 Å². The molecule has 0 saturated heterocycles. The van der Waals surface area contributed by atoms with E-state index in [1.165, 1.54) is 5.39 Å². The van der Waals surface area contributed by atoms with Gasteiger partial charge in [0.2, 0.25) is 0 Å². The highest BCUT2D eigenvalue weighted by Crippen LogP contribution is 2.19. The van der Waals surface area contributed by atoms with E-state index in [1.807, 2.05) is 41.1 Å². The molecule has 114 valence electrons. The molecule has 4 nitrogen and oxygen atoms in total. The molecule has 2 aromatic carbocycles. The molecule has 1 aromatic heterocycles. The van der Waals surface area contributed by atoms with Crippen LogP contribution in [0.2, 0.25) is 0 Å². The van der Waals surface area contributed by atoms with Gasteiger partial charge in [0, 0.05) is 18.4 Å². The molecule has 0 aliphatic carbocycles. The fourth-order valence-corrected chi connectivity index (χ4v) is 2.46. The lowest BCUT2D eigenvalue weighted by molar-refractivity contribution is 0.225. The van der Waals surface area contributed by atoms with Crippen molar-refractivity contribution in [3.05, 3.63) is 60.3 Å². The highest BCUT2D eigenvalue weighted by molar-refractivity contribution is 5.81. The van der Waals surface area contributed by atoms with Crippen molar-refractivity contribution >= 4 is 10.9 Å². The zero-order valence-electron chi connectivity index (χ0n) is 13.1. The number of ether oxygens (including phenoxy) is 1. The third kappa shape index (κ3) is 3.28. The lowest BCUT2D eigenvalue weighted by Crippen LogP contribution is -2.15. The minimum absolute atomic E-state index is 0.423. The average Bonchev–Trinajstić information content (AvgIpc) is 2.90. The number of hydrogen-bond donors (Lipinski definition) is 0. The van der Waals surface area contributed by atoms with Crippen molar-refractivity contribution in [2.75, 3.05) is 20.6 Å². The van der Waals surface area contributed by atoms with Gasteiger partial charge in [0.05, 0.1) is 11.2 Å². The topological polar surface area (TPSA) is 30.3 Å². The van der Waals surface area contributed by atoms with Crippen LogP contribution in [-0.4, -0.2) is 35.3 Å². The molecule has 0 fully saturated rings. The molecule has 3 rings (SSSR count). The van der Waals surface area contributed by atoms with Gasteiger partial charge in [0.25, 0.3) is 0 Å². The Morgan fingerprint density at radius 2 is 1.73 bits per heavy atom. The maximum absolute atomic E-state index is 5.83. The number of nitrogens with zero attached hydrogens (tertiary/aromatic N) is 3. The van der Waals surface area contributed by atoms with Crippen molar-refractivity contribution < 1.29 is 4.74 Å². The summed E-state index contributed by atoms with van der Waals surface area (Å²) >= 11 is 0. The van der Waals surface area contributed by atoms with Crippen LogP contribution in [0.25, 0.3) is 10.9 Å². The fraction of sp³-hybridized carbons (Fsp3) is 0.278. The number of rotatable bonds is 6. The monoisotopic (exact) mass is 295 g/mol. The average molecular weight is 295 g/mol. The second-order valence-corrected chi connectivity index (χ2v) is 5.60. The molecule has 0 spiro atoms. The summed E-state index contributed by atoms with van der Waals surface area (Å²) in [7, 11) is 4.16. The zero-order chi connectivity index (χ0) is 15.4. The van der Waals surface area contributed by atoms with Crippen LogP contribution in [0.4, 0.5) is 0 Å². The van der Waals surface area contributed by atoms with Crippen LogP contribution in [0, 0.1) is 0 Å². The Morgan fingerprint density at radius 1 is 1.00 bits per heavy atom. The lowest BCUT2D eigenvalue weighted by atomic mass is 10.1. The van der Waals surface area contributed by atoms with Crippen LogP contribution < -0.4 is 4.74 Å². The van der Waals surface area contributed by atoms with E-state index in [0.717, 1.165) is 29.9 Å². The first-order chi connectivity index (χ1) is 10.7. The van der Waals surface area contributed by atoms with Crippen LogP contribution in [0.1, 0.15) is 5.69 Å². The maximum atomic E-state index is 5.83. The molecular weight excluding hydrogens is 274 g/mol. The number of likely N-dealkylation sites (N-methyl/N-ethyl adjacent to an activating group) is 1. The number of para-hydroxylation sites is 2. The van der Waals surface area contributed by atoms with E-state index in [-0.39, 0.29) is 0 Å². The summed E-state index contributed by atoms with van der Waals surface area (Å²) in [5.74, 6) is 0.858. The molecule has 0 aliphatic heterocycles. The summed E-state index contributed by atoms with van der Waals surface area (Å²) in [6.45, 7) is 1.41. The molecule has 0 unspecified atom stereocenters. The molecule has 0 bridgehead atoms. The largest absolute Gasteiger partial charge is 0.471 e. The van der Waals surface area contributed by atoms with Crippen LogP contribution in [-0.2, 0) is 13.2 Å². The number of benzene rings is 2. The molecule has 0 amide bonds. The maximum Gasteiger partial charge on any atom is 0.181 e. The summed E-state index contributed by atoms with van der Waals surface area (Å²) in [6, 6.07) is 18.2. The molecular formula is C18H21N3O. The Hall–Kier alpha value is -2.33. The van der Waals surface area contributed by atoms with E-state index in [0.29, 0.717) is 6.73 Å². The molecule has 3 aromatic rings. The van der Waals surface area contributed by atoms with Crippen LogP contribution in [0.5, 0.6) is 5.75 Å². The van der Waals surface area contributed by atoms with Gasteiger partial charge in [-0.1, -0.05) is 36.4 Å². The normalized spacial score (nSPS) is 11.2. The molecule has 22 heavy (non-hydrogen) atoms. The third-order valence-electron chi connectivity index (χ3n) is 3.63. The Kier molecular flexibility index (Phi) is 4.39. The molecule has 1 heterocycles. The quantitative estimate of drug-likeness (QED) is 0.699. The first-order valence-corrected chi connectivity index (χ1v) is 7.51. The third-order valence-corrected chi connectivity index (χ3v) is 3.63. The van der Waals surface area contributed by atoms with Crippen LogP contribution in [0.3, 0.4) is 0 Å². The van der Waals surface area contributed by atoms with Gasteiger partial charge in [-0.15, -0.1) is 0 Å². The Balaban J connectivity index is 1.83. The van der Waals surface area contributed by atoms with Gasteiger partial charge in [-0.05, 0) is 32.3 Å². The summed E-state index contributed by atoms with van der Waals surface area (Å²) in [4.78, 5) is 2.17. The van der Waals surface area contributed by atoms with E-state index in [2.05, 4.69) is 37.2 Å². The van der Waals surface area contributed by atoms with Crippen molar-refractivity contribution in [1.29, 1.82) is 0 Å². The van der Waals surface area contributed by atoms with Crippen molar-refractivity contribution in [2.45, 2.75) is 13.2 Å². The van der Waals surface area contributed by atoms with Crippen molar-refractivity contribution in [3.8, 4) is 5.75 Å². The lowest BCUT2D eigenvalue weighted by Gasteiger charge is -2.07. The summed E-state index contributed by atoms with van der Waals surface area (Å²) in [6.07, 6.45) is 0.936. The predicted octanol–water partition coefficient (Wildman–Crippen LogP) is 3.18. The number of aromatic nitrogens is 2. The first kappa shape index (κ1) is 14.6. The number of fused-ring (bicyclic) bond motifs is 1. The van der Waals surface area contributed by atoms with Gasteiger partial charge in [-0.25, -0.2) is 4.68 Å². The zero-order valence-corrected chi connectivity index (χ0v) is 13.1. The first-order valence-electron chi connectivity index (χ1n) is 7.51. The minimum Gasteiger partial charge on any atom is -0.471 e. The second kappa shape index (κ2) is 6.62. The molecule has 4 heteroatoms. The molecule has 0 saturated carbocycles. The summed E-state index contributed by atoms with van der Waals surface area (Å²) in [5.41, 5.74) is 2.24. The highest BCUT2D eigenvalue weighted by Gasteiger charge is 2.10. The van der Waals surface area contributed by atoms with Gasteiger partial charge in [-0.3, -0.25) is 0 Å². The Bertz CT molecular complexity index is 734. The summed E-state index contributed by atoms with van der Waals surface area (Å²) < 4.78 is 7.77. The second-order valence-electron chi connectivity index (χ2n) is 5.60. The van der Waals surface area contributed by atoms with Gasteiger partial charge >= 0.3 is 0 Å². The molecule has 0 atom stereocenters. The predicted molar refractivity (Wildman–Crippen MR) is 89.1 cm³/mol. The van der Waals surface area contributed by atoms with Crippen LogP contribution >= 0.6 is 0 Å². The van der Waals surface area contributed by atoms with Crippen molar-refractivity contribution in [3.63, 3.8) is 0 Å².